The molecule has 1 unspecified atom stereocenters. The highest BCUT2D eigenvalue weighted by molar-refractivity contribution is 5.84. The number of aliphatic hydroxyl groups excluding tert-OH is 1. The number of hydrogen-bond donors (Lipinski definition) is 3. The summed E-state index contributed by atoms with van der Waals surface area (Å²) in [6, 6.07) is 0. The van der Waals surface area contributed by atoms with Crippen LogP contribution in [0.15, 0.2) is 0 Å². The van der Waals surface area contributed by atoms with Crippen molar-refractivity contribution >= 4 is 11.9 Å². The van der Waals surface area contributed by atoms with E-state index in [1.165, 1.54) is 0 Å². The second-order valence-corrected chi connectivity index (χ2v) is 3.88. The fourth-order valence-electron chi connectivity index (χ4n) is 0.653. The van der Waals surface area contributed by atoms with Gasteiger partial charge in [0.05, 0.1) is 0 Å². The molecule has 1 amide bonds. The number of aliphatic carboxylic acids is 1. The van der Waals surface area contributed by atoms with Crippen LogP contribution in [0.5, 0.6) is 0 Å². The monoisotopic (exact) mass is 189 g/mol. The molecule has 0 bridgehead atoms. The van der Waals surface area contributed by atoms with Gasteiger partial charge in [-0.2, -0.15) is 0 Å². The molecule has 0 fully saturated rings. The third-order valence-electron chi connectivity index (χ3n) is 1.48. The maximum atomic E-state index is 11.1. The summed E-state index contributed by atoms with van der Waals surface area (Å²) in [6.07, 6.45) is -1.19. The number of hydrogen-bond acceptors (Lipinski definition) is 3. The first kappa shape index (κ1) is 11.9. The largest absolute Gasteiger partial charge is 0.480 e. The average molecular weight is 189 g/mol. The minimum Gasteiger partial charge on any atom is -0.480 e. The van der Waals surface area contributed by atoms with Gasteiger partial charge in [-0.25, -0.2) is 0 Å². The molecule has 0 aliphatic heterocycles. The van der Waals surface area contributed by atoms with Crippen molar-refractivity contribution < 1.29 is 19.8 Å². The van der Waals surface area contributed by atoms with Crippen LogP contribution in [-0.2, 0) is 9.59 Å². The van der Waals surface area contributed by atoms with Gasteiger partial charge in [0, 0.05) is 0 Å². The van der Waals surface area contributed by atoms with Gasteiger partial charge in [0.25, 0.3) is 0 Å². The number of nitrogens with one attached hydrogen (secondary N) is 1. The van der Waals surface area contributed by atoms with Gasteiger partial charge < -0.3 is 15.5 Å². The van der Waals surface area contributed by atoms with Crippen LogP contribution in [0.25, 0.3) is 0 Å². The van der Waals surface area contributed by atoms with E-state index in [-0.39, 0.29) is 0 Å². The summed E-state index contributed by atoms with van der Waals surface area (Å²) in [5, 5.41) is 19.7. The molecule has 0 saturated heterocycles. The van der Waals surface area contributed by atoms with Crippen molar-refractivity contribution in [3.8, 4) is 0 Å². The van der Waals surface area contributed by atoms with Crippen LogP contribution >= 0.6 is 0 Å². The van der Waals surface area contributed by atoms with Crippen LogP contribution in [0.1, 0.15) is 20.8 Å². The van der Waals surface area contributed by atoms with E-state index in [1.807, 2.05) is 0 Å². The van der Waals surface area contributed by atoms with Gasteiger partial charge in [0.1, 0.15) is 12.6 Å². The van der Waals surface area contributed by atoms with E-state index >= 15 is 0 Å². The number of aliphatic hydroxyl groups is 1. The van der Waals surface area contributed by atoms with E-state index in [0.29, 0.717) is 0 Å². The smallest absolute Gasteiger partial charge is 0.322 e. The molecule has 0 radical (unpaired) electrons. The van der Waals surface area contributed by atoms with Crippen molar-refractivity contribution in [2.75, 3.05) is 6.54 Å². The van der Waals surface area contributed by atoms with Crippen LogP contribution in [0, 0.1) is 5.41 Å². The molecule has 0 aromatic carbocycles. The Kier molecular flexibility index (Phi) is 3.87. The van der Waals surface area contributed by atoms with Gasteiger partial charge in [-0.3, -0.25) is 9.59 Å². The summed E-state index contributed by atoms with van der Waals surface area (Å²) in [5.74, 6) is -1.79. The summed E-state index contributed by atoms with van der Waals surface area (Å²) in [4.78, 5) is 21.1. The Morgan fingerprint density at radius 3 is 2.15 bits per heavy atom. The maximum absolute atomic E-state index is 11.1. The van der Waals surface area contributed by atoms with E-state index in [4.69, 9.17) is 5.11 Å². The van der Waals surface area contributed by atoms with Crippen molar-refractivity contribution in [1.29, 1.82) is 0 Å². The molecule has 13 heavy (non-hydrogen) atoms. The lowest BCUT2D eigenvalue weighted by Crippen LogP contribution is -2.44. The normalized spacial score (nSPS) is 13.5. The van der Waals surface area contributed by atoms with Crippen LogP contribution < -0.4 is 5.32 Å². The molecule has 0 rings (SSSR count). The SMILES string of the molecule is CC(C)(C)C(O)C(=O)NCC(=O)O. The summed E-state index contributed by atoms with van der Waals surface area (Å²) in [7, 11) is 0. The van der Waals surface area contributed by atoms with E-state index in [0.717, 1.165) is 0 Å². The Labute approximate surface area is 76.8 Å². The standard InChI is InChI=1S/C8H15NO4/c1-8(2,3)6(12)7(13)9-4-5(10)11/h6,12H,4H2,1-3H3,(H,9,13)(H,10,11). The van der Waals surface area contributed by atoms with E-state index in [9.17, 15) is 14.7 Å². The number of carbonyl (C=O) groups is 2. The number of rotatable bonds is 3. The molecule has 0 saturated carbocycles. The summed E-state index contributed by atoms with van der Waals surface area (Å²) in [6.45, 7) is 4.61. The fourth-order valence-corrected chi connectivity index (χ4v) is 0.653. The molecular weight excluding hydrogens is 174 g/mol. The highest BCUT2D eigenvalue weighted by atomic mass is 16.4. The third-order valence-corrected chi connectivity index (χ3v) is 1.48. The van der Waals surface area contributed by atoms with Gasteiger partial charge in [-0.1, -0.05) is 20.8 Å². The van der Waals surface area contributed by atoms with Crippen molar-refractivity contribution in [1.82, 2.24) is 5.32 Å². The maximum Gasteiger partial charge on any atom is 0.322 e. The number of amides is 1. The Bertz CT molecular complexity index is 207. The second kappa shape index (κ2) is 4.23. The minimum atomic E-state index is -1.19. The molecule has 5 heteroatoms. The Morgan fingerprint density at radius 2 is 1.85 bits per heavy atom. The molecule has 0 heterocycles. The van der Waals surface area contributed by atoms with E-state index in [2.05, 4.69) is 5.32 Å². The predicted molar refractivity (Wildman–Crippen MR) is 46.1 cm³/mol. The van der Waals surface area contributed by atoms with Crippen LogP contribution in [0.2, 0.25) is 0 Å². The molecule has 0 aliphatic carbocycles. The first-order valence-electron chi connectivity index (χ1n) is 3.92. The van der Waals surface area contributed by atoms with Crippen LogP contribution in [-0.4, -0.2) is 34.7 Å². The van der Waals surface area contributed by atoms with Crippen molar-refractivity contribution in [3.05, 3.63) is 0 Å². The highest BCUT2D eigenvalue weighted by Gasteiger charge is 2.28. The van der Waals surface area contributed by atoms with Crippen LogP contribution in [0.4, 0.5) is 0 Å². The minimum absolute atomic E-state index is 0.466. The Hall–Kier alpha value is -1.10. The molecule has 1 atom stereocenters. The lowest BCUT2D eigenvalue weighted by Gasteiger charge is -2.24. The van der Waals surface area contributed by atoms with Gasteiger partial charge in [-0.15, -0.1) is 0 Å². The van der Waals surface area contributed by atoms with Gasteiger partial charge >= 0.3 is 5.97 Å². The first-order chi connectivity index (χ1) is 5.75. The molecule has 0 aromatic rings. The van der Waals surface area contributed by atoms with Gasteiger partial charge in [0.15, 0.2) is 0 Å². The number of carboxylic acid groups (broad SMARTS) is 1. The average Bonchev–Trinajstić information content (AvgIpc) is 1.96. The Balaban J connectivity index is 4.05. The predicted octanol–water partition coefficient (Wildman–Crippen LogP) is -0.406. The lowest BCUT2D eigenvalue weighted by atomic mass is 9.89. The Morgan fingerprint density at radius 1 is 1.38 bits per heavy atom. The molecule has 5 nitrogen and oxygen atoms in total. The molecule has 3 N–H and O–H groups in total. The highest BCUT2D eigenvalue weighted by Crippen LogP contribution is 2.18. The fraction of sp³-hybridized carbons (Fsp3) is 0.750. The lowest BCUT2D eigenvalue weighted by molar-refractivity contribution is -0.141. The summed E-state index contributed by atoms with van der Waals surface area (Å²) >= 11 is 0. The first-order valence-corrected chi connectivity index (χ1v) is 3.92. The van der Waals surface area contributed by atoms with Gasteiger partial charge in [0.2, 0.25) is 5.91 Å². The quantitative estimate of drug-likeness (QED) is 0.563. The summed E-state index contributed by atoms with van der Waals surface area (Å²) < 4.78 is 0. The van der Waals surface area contributed by atoms with E-state index < -0.39 is 29.9 Å². The zero-order valence-corrected chi connectivity index (χ0v) is 8.00. The molecule has 76 valence electrons. The molecule has 0 spiro atoms. The van der Waals surface area contributed by atoms with Crippen molar-refractivity contribution in [2.45, 2.75) is 26.9 Å². The number of carbonyl (C=O) groups excluding carboxylic acids is 1. The van der Waals surface area contributed by atoms with Crippen molar-refractivity contribution in [3.63, 3.8) is 0 Å². The third kappa shape index (κ3) is 4.47. The molecule has 0 aliphatic rings. The van der Waals surface area contributed by atoms with Crippen LogP contribution in [0.3, 0.4) is 0 Å². The zero-order chi connectivity index (χ0) is 10.6. The zero-order valence-electron chi connectivity index (χ0n) is 8.00. The molecule has 0 aromatic heterocycles. The number of carboxylic acids is 1. The van der Waals surface area contributed by atoms with Crippen molar-refractivity contribution in [2.24, 2.45) is 5.41 Å². The summed E-state index contributed by atoms with van der Waals surface area (Å²) in [5.41, 5.74) is -0.581. The molecular formula is C8H15NO4. The topological polar surface area (TPSA) is 86.6 Å². The second-order valence-electron chi connectivity index (χ2n) is 3.88. The van der Waals surface area contributed by atoms with E-state index in [1.54, 1.807) is 20.8 Å². The van der Waals surface area contributed by atoms with Gasteiger partial charge in [-0.05, 0) is 5.41 Å².